The van der Waals surface area contributed by atoms with Gasteiger partial charge in [0.25, 0.3) is 0 Å². The number of fused-ring (bicyclic) bond motifs is 12. The first kappa shape index (κ1) is 35.3. The van der Waals surface area contributed by atoms with Crippen molar-refractivity contribution in [1.82, 2.24) is 0 Å². The molecule has 2 aliphatic carbocycles. The van der Waals surface area contributed by atoms with E-state index in [4.69, 9.17) is 0 Å². The predicted molar refractivity (Wildman–Crippen MR) is 250 cm³/mol. The molecule has 284 valence electrons. The Morgan fingerprint density at radius 3 is 1.32 bits per heavy atom. The minimum Gasteiger partial charge on any atom is -0.0894 e. The van der Waals surface area contributed by atoms with Crippen LogP contribution in [0.15, 0.2) is 222 Å². The van der Waals surface area contributed by atoms with Crippen molar-refractivity contribution >= 4 is 11.8 Å². The van der Waals surface area contributed by atoms with E-state index in [0.717, 1.165) is 0 Å². The zero-order valence-corrected chi connectivity index (χ0v) is 34.5. The maximum atomic E-state index is 2.58. The van der Waals surface area contributed by atoms with Crippen LogP contribution in [0.2, 0.25) is 0 Å². The lowest BCUT2D eigenvalue weighted by Gasteiger charge is -2.40. The van der Waals surface area contributed by atoms with Crippen molar-refractivity contribution < 1.29 is 0 Å². The van der Waals surface area contributed by atoms with E-state index in [1.54, 1.807) is 0 Å². The van der Waals surface area contributed by atoms with E-state index in [1.807, 2.05) is 11.8 Å². The smallest absolute Gasteiger partial charge is 0.0735 e. The Hall–Kier alpha value is -6.67. The van der Waals surface area contributed by atoms with Gasteiger partial charge in [-0.1, -0.05) is 226 Å². The lowest BCUT2D eigenvalue weighted by Crippen LogP contribution is -2.32. The molecule has 0 N–H and O–H groups in total. The Morgan fingerprint density at radius 2 is 0.717 bits per heavy atom. The molecular formula is C59H42S. The van der Waals surface area contributed by atoms with Gasteiger partial charge in [-0.3, -0.25) is 0 Å². The molecule has 60 heavy (non-hydrogen) atoms. The van der Waals surface area contributed by atoms with Crippen LogP contribution in [0, 0.1) is 0 Å². The molecule has 0 amide bonds. The molecule has 1 unspecified atom stereocenters. The van der Waals surface area contributed by atoms with Crippen molar-refractivity contribution in [1.29, 1.82) is 0 Å². The molecule has 3 aliphatic rings. The molecular weight excluding hydrogens is 741 g/mol. The zero-order chi connectivity index (χ0) is 40.0. The maximum Gasteiger partial charge on any atom is 0.0735 e. The second kappa shape index (κ2) is 13.4. The quantitative estimate of drug-likeness (QED) is 0.157. The summed E-state index contributed by atoms with van der Waals surface area (Å²) in [4.78, 5) is 2.65. The van der Waals surface area contributed by atoms with E-state index in [0.29, 0.717) is 0 Å². The Labute approximate surface area is 357 Å². The van der Waals surface area contributed by atoms with E-state index < -0.39 is 5.41 Å². The minimum absolute atomic E-state index is 0.0128. The summed E-state index contributed by atoms with van der Waals surface area (Å²) in [5.74, 6) is 0.0128. The van der Waals surface area contributed by atoms with Gasteiger partial charge in [0.05, 0.1) is 5.41 Å². The Bertz CT molecular complexity index is 3090. The van der Waals surface area contributed by atoms with Crippen molar-refractivity contribution in [3.05, 3.63) is 262 Å². The van der Waals surface area contributed by atoms with Crippen molar-refractivity contribution in [2.75, 3.05) is 0 Å². The highest BCUT2D eigenvalue weighted by atomic mass is 32.2. The van der Waals surface area contributed by atoms with Crippen LogP contribution in [-0.4, -0.2) is 0 Å². The standard InChI is InChI=1S/C59H42S/c1-58(2)49-18-8-6-16-45(49)47-34-32-43(36-53(47)58)57(42-30-28-41(29-31-42)40-26-24-39(25-27-40)38-14-4-3-5-15-38)44-33-35-48-46-17-7-9-19-50(46)59(54(48)37-44)51-20-10-12-22-55(51)60-56-23-13-11-21-52(56)59/h3-37,57H,1-2H3. The summed E-state index contributed by atoms with van der Waals surface area (Å²) in [6, 6.07) is 80.0. The summed E-state index contributed by atoms with van der Waals surface area (Å²) in [7, 11) is 0. The summed E-state index contributed by atoms with van der Waals surface area (Å²) < 4.78 is 0. The molecule has 0 radical (unpaired) electrons. The van der Waals surface area contributed by atoms with Gasteiger partial charge < -0.3 is 0 Å². The van der Waals surface area contributed by atoms with E-state index >= 15 is 0 Å². The van der Waals surface area contributed by atoms with Gasteiger partial charge in [-0.15, -0.1) is 0 Å². The topological polar surface area (TPSA) is 0 Å². The number of hydrogen-bond donors (Lipinski definition) is 0. The maximum absolute atomic E-state index is 2.58. The van der Waals surface area contributed by atoms with Gasteiger partial charge in [-0.2, -0.15) is 0 Å². The van der Waals surface area contributed by atoms with Crippen LogP contribution in [0.4, 0.5) is 0 Å². The highest BCUT2D eigenvalue weighted by Crippen LogP contribution is 2.62. The molecule has 0 saturated heterocycles. The van der Waals surface area contributed by atoms with Crippen molar-refractivity contribution in [2.24, 2.45) is 0 Å². The van der Waals surface area contributed by atoms with Crippen LogP contribution in [-0.2, 0) is 10.8 Å². The van der Waals surface area contributed by atoms with Crippen LogP contribution in [0.25, 0.3) is 44.5 Å². The average molecular weight is 783 g/mol. The Morgan fingerprint density at radius 1 is 0.317 bits per heavy atom. The Balaban J connectivity index is 1.05. The van der Waals surface area contributed by atoms with Gasteiger partial charge >= 0.3 is 0 Å². The van der Waals surface area contributed by atoms with Crippen molar-refractivity contribution in [2.45, 2.75) is 40.4 Å². The first-order valence-electron chi connectivity index (χ1n) is 21.1. The highest BCUT2D eigenvalue weighted by Gasteiger charge is 2.50. The first-order valence-corrected chi connectivity index (χ1v) is 21.9. The molecule has 9 aromatic rings. The minimum atomic E-state index is -0.428. The highest BCUT2D eigenvalue weighted by molar-refractivity contribution is 7.99. The molecule has 1 aliphatic heterocycles. The van der Waals surface area contributed by atoms with Gasteiger partial charge in [0.2, 0.25) is 0 Å². The fraction of sp³-hybridized carbons (Fsp3) is 0.0847. The summed E-state index contributed by atoms with van der Waals surface area (Å²) in [5, 5.41) is 0. The second-order valence-electron chi connectivity index (χ2n) is 17.2. The number of rotatable bonds is 5. The first-order chi connectivity index (χ1) is 29.5. The SMILES string of the molecule is CC1(C)c2ccccc2-c2ccc(C(c3ccc(-c4ccc(-c5ccccc5)cc4)cc3)c3ccc4c(c3)C3(c5ccccc5Sc5ccccc53)c3ccccc3-4)cc21. The molecule has 1 atom stereocenters. The van der Waals surface area contributed by atoms with Crippen LogP contribution in [0.3, 0.4) is 0 Å². The summed E-state index contributed by atoms with van der Waals surface area (Å²) >= 11 is 1.90. The lowest BCUT2D eigenvalue weighted by atomic mass is 9.66. The lowest BCUT2D eigenvalue weighted by molar-refractivity contribution is 0.659. The van der Waals surface area contributed by atoms with Crippen LogP contribution < -0.4 is 0 Å². The monoisotopic (exact) mass is 782 g/mol. The normalized spacial score (nSPS) is 15.0. The fourth-order valence-electron chi connectivity index (χ4n) is 10.9. The second-order valence-corrected chi connectivity index (χ2v) is 18.3. The molecule has 0 fully saturated rings. The van der Waals surface area contributed by atoms with Crippen LogP contribution >= 0.6 is 11.8 Å². The molecule has 9 aromatic carbocycles. The molecule has 0 saturated carbocycles. The van der Waals surface area contributed by atoms with E-state index in [1.165, 1.54) is 104 Å². The largest absolute Gasteiger partial charge is 0.0894 e. The van der Waals surface area contributed by atoms with E-state index in [2.05, 4.69) is 226 Å². The predicted octanol–water partition coefficient (Wildman–Crippen LogP) is 15.3. The number of hydrogen-bond acceptors (Lipinski definition) is 1. The van der Waals surface area contributed by atoms with Gasteiger partial charge in [0.1, 0.15) is 0 Å². The molecule has 1 heterocycles. The summed E-state index contributed by atoms with van der Waals surface area (Å²) in [6.07, 6.45) is 0. The Kier molecular flexibility index (Phi) is 7.90. The van der Waals surface area contributed by atoms with Gasteiger partial charge in [0, 0.05) is 21.1 Å². The van der Waals surface area contributed by atoms with Crippen LogP contribution in [0.5, 0.6) is 0 Å². The molecule has 0 nitrogen and oxygen atoms in total. The molecule has 12 rings (SSSR count). The zero-order valence-electron chi connectivity index (χ0n) is 33.7. The van der Waals surface area contributed by atoms with E-state index in [-0.39, 0.29) is 11.3 Å². The van der Waals surface area contributed by atoms with E-state index in [9.17, 15) is 0 Å². The third kappa shape index (κ3) is 5.12. The molecule has 0 bridgehead atoms. The number of benzene rings is 9. The third-order valence-electron chi connectivity index (χ3n) is 13.7. The van der Waals surface area contributed by atoms with Crippen molar-refractivity contribution in [3.63, 3.8) is 0 Å². The van der Waals surface area contributed by atoms with Crippen molar-refractivity contribution in [3.8, 4) is 44.5 Å². The molecule has 1 spiro atoms. The van der Waals surface area contributed by atoms with Gasteiger partial charge in [0.15, 0.2) is 0 Å². The summed E-state index contributed by atoms with van der Waals surface area (Å²) in [6.45, 7) is 4.78. The van der Waals surface area contributed by atoms with Gasteiger partial charge in [-0.05, 0) is 107 Å². The fourth-order valence-corrected chi connectivity index (χ4v) is 12.1. The molecule has 1 heteroatoms. The average Bonchev–Trinajstić information content (AvgIpc) is 3.72. The van der Waals surface area contributed by atoms with Crippen LogP contribution in [0.1, 0.15) is 69.8 Å². The third-order valence-corrected chi connectivity index (χ3v) is 14.9. The van der Waals surface area contributed by atoms with Gasteiger partial charge in [-0.25, -0.2) is 0 Å². The summed E-state index contributed by atoms with van der Waals surface area (Å²) in [5.41, 5.74) is 21.9. The molecule has 0 aromatic heterocycles.